The van der Waals surface area contributed by atoms with Crippen LogP contribution in [0.25, 0.3) is 0 Å². The summed E-state index contributed by atoms with van der Waals surface area (Å²) in [6, 6.07) is 2.15. The summed E-state index contributed by atoms with van der Waals surface area (Å²) in [4.78, 5) is 0. The van der Waals surface area contributed by atoms with Crippen LogP contribution in [0.2, 0.25) is 0 Å². The molecule has 3 nitrogen and oxygen atoms in total. The van der Waals surface area contributed by atoms with Crippen molar-refractivity contribution in [2.75, 3.05) is 19.7 Å². The maximum atomic E-state index is 8.35. The number of nitrogens with zero attached hydrogens (tertiary/aromatic N) is 1. The molecule has 80 valence electrons. The second kappa shape index (κ2) is 6.00. The molecule has 0 saturated carbocycles. The molecule has 0 spiro atoms. The molecule has 1 heterocycles. The van der Waals surface area contributed by atoms with Crippen molar-refractivity contribution in [2.24, 2.45) is 0 Å². The van der Waals surface area contributed by atoms with Gasteiger partial charge in [-0.15, -0.1) is 0 Å². The molecule has 1 rings (SSSR count). The number of nitriles is 1. The number of unbranched alkanes of at least 4 members (excludes halogenated alkanes) is 2. The molecule has 1 N–H and O–H groups in total. The van der Waals surface area contributed by atoms with Gasteiger partial charge in [0.1, 0.15) is 0 Å². The lowest BCUT2D eigenvalue weighted by atomic mass is 10.0. The molecule has 0 aliphatic carbocycles. The first-order valence-corrected chi connectivity index (χ1v) is 5.48. The first-order chi connectivity index (χ1) is 6.77. The molecule has 1 atom stereocenters. The van der Waals surface area contributed by atoms with E-state index in [1.807, 2.05) is 0 Å². The molecule has 0 aromatic carbocycles. The average Bonchev–Trinajstić information content (AvgIpc) is 2.59. The van der Waals surface area contributed by atoms with Gasteiger partial charge in [0, 0.05) is 19.6 Å². The van der Waals surface area contributed by atoms with Crippen LogP contribution in [0.1, 0.15) is 39.0 Å². The van der Waals surface area contributed by atoms with Gasteiger partial charge in [0.15, 0.2) is 0 Å². The van der Waals surface area contributed by atoms with Crippen molar-refractivity contribution in [3.8, 4) is 6.07 Å². The average molecular weight is 196 g/mol. The Labute approximate surface area is 86.4 Å². The highest BCUT2D eigenvalue weighted by molar-refractivity contribution is 4.82. The monoisotopic (exact) mass is 196 g/mol. The summed E-state index contributed by atoms with van der Waals surface area (Å²) in [6.45, 7) is 5.02. The highest BCUT2D eigenvalue weighted by Gasteiger charge is 2.28. The van der Waals surface area contributed by atoms with Crippen molar-refractivity contribution >= 4 is 0 Å². The van der Waals surface area contributed by atoms with Crippen LogP contribution < -0.4 is 5.32 Å². The SMILES string of the molecule is CC1(CNCCCCC#N)CCCO1. The summed E-state index contributed by atoms with van der Waals surface area (Å²) in [5.41, 5.74) is 0.0647. The maximum Gasteiger partial charge on any atom is 0.0779 e. The minimum atomic E-state index is 0.0647. The van der Waals surface area contributed by atoms with Gasteiger partial charge in [-0.05, 0) is 39.2 Å². The number of nitrogens with one attached hydrogen (secondary N) is 1. The second-order valence-corrected chi connectivity index (χ2v) is 4.19. The smallest absolute Gasteiger partial charge is 0.0779 e. The summed E-state index contributed by atoms with van der Waals surface area (Å²) in [7, 11) is 0. The van der Waals surface area contributed by atoms with Crippen molar-refractivity contribution in [1.29, 1.82) is 5.26 Å². The van der Waals surface area contributed by atoms with E-state index in [1.54, 1.807) is 0 Å². The van der Waals surface area contributed by atoms with Crippen LogP contribution in [-0.2, 0) is 4.74 Å². The fraction of sp³-hybridized carbons (Fsp3) is 0.909. The highest BCUT2D eigenvalue weighted by atomic mass is 16.5. The van der Waals surface area contributed by atoms with Crippen LogP contribution in [0, 0.1) is 11.3 Å². The van der Waals surface area contributed by atoms with E-state index in [9.17, 15) is 0 Å². The Morgan fingerprint density at radius 2 is 2.36 bits per heavy atom. The highest BCUT2D eigenvalue weighted by Crippen LogP contribution is 2.23. The van der Waals surface area contributed by atoms with Crippen LogP contribution in [0.5, 0.6) is 0 Å². The Bertz CT molecular complexity index is 192. The van der Waals surface area contributed by atoms with E-state index in [0.717, 1.165) is 39.0 Å². The fourth-order valence-corrected chi connectivity index (χ4v) is 1.78. The molecule has 1 unspecified atom stereocenters. The minimum Gasteiger partial charge on any atom is -0.374 e. The van der Waals surface area contributed by atoms with Gasteiger partial charge in [-0.1, -0.05) is 0 Å². The molecule has 0 aromatic rings. The Balaban J connectivity index is 1.96. The van der Waals surface area contributed by atoms with Crippen molar-refractivity contribution in [1.82, 2.24) is 5.32 Å². The fourth-order valence-electron chi connectivity index (χ4n) is 1.78. The van der Waals surface area contributed by atoms with Gasteiger partial charge >= 0.3 is 0 Å². The van der Waals surface area contributed by atoms with E-state index in [4.69, 9.17) is 10.00 Å². The van der Waals surface area contributed by atoms with Gasteiger partial charge in [-0.25, -0.2) is 0 Å². The standard InChI is InChI=1S/C11H20N2O/c1-11(6-5-9-14-11)10-13-8-4-2-3-7-12/h13H,2-6,8-10H2,1H3. The predicted octanol–water partition coefficient (Wildman–Crippen LogP) is 1.84. The quantitative estimate of drug-likeness (QED) is 0.659. The molecule has 1 aliphatic rings. The van der Waals surface area contributed by atoms with Crippen LogP contribution in [-0.4, -0.2) is 25.3 Å². The first kappa shape index (κ1) is 11.5. The van der Waals surface area contributed by atoms with E-state index < -0.39 is 0 Å². The van der Waals surface area contributed by atoms with E-state index in [0.29, 0.717) is 6.42 Å². The van der Waals surface area contributed by atoms with Gasteiger partial charge < -0.3 is 10.1 Å². The molecule has 0 radical (unpaired) electrons. The Morgan fingerprint density at radius 1 is 1.50 bits per heavy atom. The maximum absolute atomic E-state index is 8.35. The van der Waals surface area contributed by atoms with Crippen molar-refractivity contribution in [3.63, 3.8) is 0 Å². The number of rotatable bonds is 6. The molecule has 1 saturated heterocycles. The Morgan fingerprint density at radius 3 is 3.00 bits per heavy atom. The summed E-state index contributed by atoms with van der Waals surface area (Å²) >= 11 is 0. The zero-order valence-electron chi connectivity index (χ0n) is 9.01. The normalized spacial score (nSPS) is 26.3. The van der Waals surface area contributed by atoms with Crippen LogP contribution >= 0.6 is 0 Å². The molecule has 3 heteroatoms. The lowest BCUT2D eigenvalue weighted by Crippen LogP contribution is -2.37. The largest absolute Gasteiger partial charge is 0.374 e. The van der Waals surface area contributed by atoms with Crippen LogP contribution in [0.4, 0.5) is 0 Å². The summed E-state index contributed by atoms with van der Waals surface area (Å²) in [5.74, 6) is 0. The molecular formula is C11H20N2O. The molecule has 0 amide bonds. The van der Waals surface area contributed by atoms with Crippen molar-refractivity contribution < 1.29 is 4.74 Å². The zero-order valence-corrected chi connectivity index (χ0v) is 9.01. The van der Waals surface area contributed by atoms with Gasteiger partial charge in [0.25, 0.3) is 0 Å². The topological polar surface area (TPSA) is 45.0 Å². The van der Waals surface area contributed by atoms with Gasteiger partial charge in [-0.3, -0.25) is 0 Å². The van der Waals surface area contributed by atoms with Crippen molar-refractivity contribution in [2.45, 2.75) is 44.6 Å². The van der Waals surface area contributed by atoms with E-state index in [2.05, 4.69) is 18.3 Å². The predicted molar refractivity (Wildman–Crippen MR) is 55.9 cm³/mol. The van der Waals surface area contributed by atoms with E-state index in [-0.39, 0.29) is 5.60 Å². The van der Waals surface area contributed by atoms with E-state index >= 15 is 0 Å². The van der Waals surface area contributed by atoms with Gasteiger partial charge in [0.05, 0.1) is 11.7 Å². The molecule has 14 heavy (non-hydrogen) atoms. The number of hydrogen-bond donors (Lipinski definition) is 1. The van der Waals surface area contributed by atoms with Gasteiger partial charge in [0.2, 0.25) is 0 Å². The Hall–Kier alpha value is -0.590. The number of hydrogen-bond acceptors (Lipinski definition) is 3. The van der Waals surface area contributed by atoms with E-state index in [1.165, 1.54) is 6.42 Å². The molecule has 0 aromatic heterocycles. The van der Waals surface area contributed by atoms with Crippen LogP contribution in [0.3, 0.4) is 0 Å². The third-order valence-electron chi connectivity index (χ3n) is 2.69. The molecule has 0 bridgehead atoms. The molecule has 1 fully saturated rings. The van der Waals surface area contributed by atoms with Crippen molar-refractivity contribution in [3.05, 3.63) is 0 Å². The first-order valence-electron chi connectivity index (χ1n) is 5.48. The zero-order chi connectivity index (χ0) is 10.3. The van der Waals surface area contributed by atoms with Gasteiger partial charge in [-0.2, -0.15) is 5.26 Å². The third-order valence-corrected chi connectivity index (χ3v) is 2.69. The summed E-state index contributed by atoms with van der Waals surface area (Å²) < 4.78 is 5.65. The lowest BCUT2D eigenvalue weighted by molar-refractivity contribution is 0.0210. The summed E-state index contributed by atoms with van der Waals surface area (Å²) in [5, 5.41) is 11.7. The lowest BCUT2D eigenvalue weighted by Gasteiger charge is -2.23. The number of ether oxygens (including phenoxy) is 1. The third kappa shape index (κ3) is 4.08. The minimum absolute atomic E-state index is 0.0647. The molecular weight excluding hydrogens is 176 g/mol. The van der Waals surface area contributed by atoms with Crippen LogP contribution in [0.15, 0.2) is 0 Å². The Kier molecular flexibility index (Phi) is 4.92. The molecule has 1 aliphatic heterocycles. The second-order valence-electron chi connectivity index (χ2n) is 4.19. The summed E-state index contributed by atoms with van der Waals surface area (Å²) in [6.07, 6.45) is 5.12.